The summed E-state index contributed by atoms with van der Waals surface area (Å²) in [5.74, 6) is 6.68. The first kappa shape index (κ1) is 13.7. The molecule has 0 saturated carbocycles. The third-order valence-electron chi connectivity index (χ3n) is 3.26. The fraction of sp³-hybridized carbons (Fsp3) is 0. The maximum absolute atomic E-state index is 6.04. The first-order valence-electron chi connectivity index (χ1n) is 6.92. The molecule has 22 heavy (non-hydrogen) atoms. The van der Waals surface area contributed by atoms with Gasteiger partial charge in [0.05, 0.1) is 11.3 Å². The van der Waals surface area contributed by atoms with Gasteiger partial charge in [0.25, 0.3) is 0 Å². The lowest BCUT2D eigenvalue weighted by Crippen LogP contribution is -1.92. The van der Waals surface area contributed by atoms with Crippen molar-refractivity contribution >= 4 is 12.0 Å². The zero-order chi connectivity index (χ0) is 15.4. The zero-order valence-corrected chi connectivity index (χ0v) is 12.0. The highest BCUT2D eigenvalue weighted by molar-refractivity contribution is 5.75. The van der Waals surface area contributed by atoms with E-state index in [9.17, 15) is 0 Å². The monoisotopic (exact) mass is 285 g/mol. The Kier molecular flexibility index (Phi) is 3.76. The summed E-state index contributed by atoms with van der Waals surface area (Å²) in [6.07, 6.45) is 1.63. The molecule has 0 saturated heterocycles. The van der Waals surface area contributed by atoms with Crippen LogP contribution < -0.4 is 5.73 Å². The van der Waals surface area contributed by atoms with Crippen LogP contribution in [0.5, 0.6) is 0 Å². The third-order valence-corrected chi connectivity index (χ3v) is 3.26. The molecular weight excluding hydrogens is 270 g/mol. The lowest BCUT2D eigenvalue weighted by molar-refractivity contribution is 0.950. The molecular formula is C19H15N3. The molecule has 0 aliphatic heterocycles. The number of hydrogen-bond acceptors (Lipinski definition) is 2. The maximum Gasteiger partial charge on any atom is 0.162 e. The fourth-order valence-electron chi connectivity index (χ4n) is 2.24. The number of rotatable bonds is 2. The molecule has 1 aromatic heterocycles. The molecule has 0 fully saturated rings. The number of aromatic nitrogens is 2. The number of anilines is 1. The molecule has 0 bridgehead atoms. The molecule has 0 aliphatic carbocycles. The summed E-state index contributed by atoms with van der Waals surface area (Å²) in [5.41, 5.74) is 9.55. The molecule has 0 atom stereocenters. The van der Waals surface area contributed by atoms with E-state index in [1.807, 2.05) is 60.7 Å². The largest absolute Gasteiger partial charge is 0.381 e. The van der Waals surface area contributed by atoms with Gasteiger partial charge in [-0.3, -0.25) is 0 Å². The van der Waals surface area contributed by atoms with Crippen LogP contribution in [0.1, 0.15) is 11.1 Å². The van der Waals surface area contributed by atoms with Crippen molar-refractivity contribution in [2.24, 2.45) is 0 Å². The van der Waals surface area contributed by atoms with Gasteiger partial charge in [-0.2, -0.15) is 0 Å². The molecule has 1 heterocycles. The van der Waals surface area contributed by atoms with Crippen LogP contribution in [0.2, 0.25) is 0 Å². The van der Waals surface area contributed by atoms with Crippen LogP contribution in [-0.4, -0.2) is 9.78 Å². The highest BCUT2D eigenvalue weighted by Gasteiger charge is 2.14. The van der Waals surface area contributed by atoms with Crippen LogP contribution in [0.4, 0.5) is 5.82 Å². The van der Waals surface area contributed by atoms with Gasteiger partial charge in [-0.15, -0.1) is 5.10 Å². The Morgan fingerprint density at radius 2 is 1.59 bits per heavy atom. The zero-order valence-electron chi connectivity index (χ0n) is 12.0. The second kappa shape index (κ2) is 6.02. The van der Waals surface area contributed by atoms with Crippen LogP contribution in [0, 0.1) is 11.8 Å². The molecule has 3 rings (SSSR count). The highest BCUT2D eigenvalue weighted by Crippen LogP contribution is 2.27. The van der Waals surface area contributed by atoms with Gasteiger partial charge < -0.3 is 5.73 Å². The van der Waals surface area contributed by atoms with Crippen LogP contribution >= 0.6 is 0 Å². The number of nitrogen functional groups attached to an aromatic ring is 1. The number of nitrogens with zero attached hydrogens (tertiary/aromatic N) is 2. The second-order valence-electron chi connectivity index (χ2n) is 4.72. The van der Waals surface area contributed by atoms with E-state index in [1.54, 1.807) is 10.9 Å². The quantitative estimate of drug-likeness (QED) is 0.731. The molecule has 3 aromatic rings. The molecule has 2 aromatic carbocycles. The van der Waals surface area contributed by atoms with E-state index in [1.165, 1.54) is 0 Å². The van der Waals surface area contributed by atoms with Gasteiger partial charge >= 0.3 is 0 Å². The average Bonchev–Trinajstić information content (AvgIpc) is 2.90. The van der Waals surface area contributed by atoms with E-state index >= 15 is 0 Å². The van der Waals surface area contributed by atoms with E-state index in [0.717, 1.165) is 22.4 Å². The van der Waals surface area contributed by atoms with Gasteiger partial charge in [0.2, 0.25) is 0 Å². The van der Waals surface area contributed by atoms with Crippen molar-refractivity contribution in [1.29, 1.82) is 0 Å². The fourth-order valence-corrected chi connectivity index (χ4v) is 2.24. The molecule has 0 spiro atoms. The van der Waals surface area contributed by atoms with Gasteiger partial charge in [0, 0.05) is 17.3 Å². The van der Waals surface area contributed by atoms with Crippen molar-refractivity contribution < 1.29 is 0 Å². The highest BCUT2D eigenvalue weighted by atomic mass is 15.3. The lowest BCUT2D eigenvalue weighted by atomic mass is 10.1. The van der Waals surface area contributed by atoms with E-state index in [2.05, 4.69) is 23.5 Å². The van der Waals surface area contributed by atoms with E-state index in [4.69, 9.17) is 5.73 Å². The summed E-state index contributed by atoms with van der Waals surface area (Å²) in [6, 6.07) is 19.7. The first-order valence-corrected chi connectivity index (χ1v) is 6.92. The van der Waals surface area contributed by atoms with Crippen LogP contribution in [0.3, 0.4) is 0 Å². The summed E-state index contributed by atoms with van der Waals surface area (Å²) in [5, 5.41) is 4.29. The van der Waals surface area contributed by atoms with Crippen molar-refractivity contribution in [3.8, 4) is 23.1 Å². The minimum Gasteiger partial charge on any atom is -0.381 e. The Bertz CT molecular complexity index is 850. The second-order valence-corrected chi connectivity index (χ2v) is 4.72. The predicted octanol–water partition coefficient (Wildman–Crippen LogP) is 3.63. The smallest absolute Gasteiger partial charge is 0.162 e. The Labute approximate surface area is 129 Å². The first-order chi connectivity index (χ1) is 10.8. The number of benzene rings is 2. The van der Waals surface area contributed by atoms with E-state index in [0.29, 0.717) is 5.82 Å². The normalized spacial score (nSPS) is 9.82. The van der Waals surface area contributed by atoms with Gasteiger partial charge in [0.1, 0.15) is 0 Å². The van der Waals surface area contributed by atoms with Crippen LogP contribution in [0.15, 0.2) is 67.2 Å². The predicted molar refractivity (Wildman–Crippen MR) is 90.9 cm³/mol. The summed E-state index contributed by atoms with van der Waals surface area (Å²) in [7, 11) is 0. The number of nitrogens with two attached hydrogens (primary N) is 1. The Morgan fingerprint density at radius 1 is 0.955 bits per heavy atom. The van der Waals surface area contributed by atoms with Crippen molar-refractivity contribution in [3.63, 3.8) is 0 Å². The molecule has 0 unspecified atom stereocenters. The van der Waals surface area contributed by atoms with E-state index < -0.39 is 0 Å². The molecule has 106 valence electrons. The summed E-state index contributed by atoms with van der Waals surface area (Å²) in [6.45, 7) is 3.79. The van der Waals surface area contributed by atoms with Crippen molar-refractivity contribution in [1.82, 2.24) is 9.78 Å². The van der Waals surface area contributed by atoms with Crippen LogP contribution in [0.25, 0.3) is 17.5 Å². The maximum atomic E-state index is 6.04. The Hall–Kier alpha value is -3.25. The van der Waals surface area contributed by atoms with Gasteiger partial charge in [0.15, 0.2) is 5.82 Å². The molecule has 0 aliphatic rings. The van der Waals surface area contributed by atoms with Gasteiger partial charge in [-0.05, 0) is 12.1 Å². The Balaban J connectivity index is 2.14. The minimum atomic E-state index is 0.405. The van der Waals surface area contributed by atoms with Crippen molar-refractivity contribution in [3.05, 3.63) is 78.4 Å². The minimum absolute atomic E-state index is 0.405. The average molecular weight is 285 g/mol. The van der Waals surface area contributed by atoms with Crippen molar-refractivity contribution in [2.45, 2.75) is 0 Å². The molecule has 2 N–H and O–H groups in total. The molecule has 3 nitrogen and oxygen atoms in total. The van der Waals surface area contributed by atoms with Gasteiger partial charge in [-0.1, -0.05) is 67.0 Å². The van der Waals surface area contributed by atoms with Gasteiger partial charge in [-0.25, -0.2) is 4.68 Å². The Morgan fingerprint density at radius 3 is 2.23 bits per heavy atom. The SMILES string of the molecule is C=Cn1nc(N)c(C#Cc2ccccc2)c1-c1ccccc1. The summed E-state index contributed by atoms with van der Waals surface area (Å²) < 4.78 is 1.67. The summed E-state index contributed by atoms with van der Waals surface area (Å²) in [4.78, 5) is 0. The molecule has 0 amide bonds. The topological polar surface area (TPSA) is 43.8 Å². The van der Waals surface area contributed by atoms with E-state index in [-0.39, 0.29) is 0 Å². The molecule has 0 radical (unpaired) electrons. The number of hydrogen-bond donors (Lipinski definition) is 1. The van der Waals surface area contributed by atoms with Crippen LogP contribution in [-0.2, 0) is 0 Å². The third kappa shape index (κ3) is 2.63. The standard InChI is InChI=1S/C19H15N3/c1-2-22-18(16-11-7-4-8-12-16)17(19(20)21-22)14-13-15-9-5-3-6-10-15/h2-12H,1H2,(H2,20,21). The molecule has 3 heteroatoms. The van der Waals surface area contributed by atoms with Crippen molar-refractivity contribution in [2.75, 3.05) is 5.73 Å². The lowest BCUT2D eigenvalue weighted by Gasteiger charge is -2.02. The summed E-state index contributed by atoms with van der Waals surface area (Å²) >= 11 is 0.